The number of ether oxygens (including phenoxy) is 1. The molecule has 0 aliphatic carbocycles. The normalized spacial score (nSPS) is 21.4. The molecule has 2 amide bonds. The van der Waals surface area contributed by atoms with Crippen LogP contribution in [-0.2, 0) is 11.3 Å². The van der Waals surface area contributed by atoms with Gasteiger partial charge < -0.3 is 14.5 Å². The highest BCUT2D eigenvalue weighted by Gasteiger charge is 2.53. The lowest BCUT2D eigenvalue weighted by atomic mass is 9.85. The summed E-state index contributed by atoms with van der Waals surface area (Å²) >= 11 is 0. The van der Waals surface area contributed by atoms with Gasteiger partial charge in [-0.15, -0.1) is 0 Å². The van der Waals surface area contributed by atoms with Crippen molar-refractivity contribution >= 4 is 11.8 Å². The Morgan fingerprint density at radius 3 is 2.63 bits per heavy atom. The van der Waals surface area contributed by atoms with Gasteiger partial charge in [0.05, 0.1) is 24.9 Å². The van der Waals surface area contributed by atoms with Crippen molar-refractivity contribution in [1.82, 2.24) is 14.8 Å². The van der Waals surface area contributed by atoms with E-state index in [4.69, 9.17) is 4.74 Å². The molecule has 0 radical (unpaired) electrons. The number of aromatic nitrogens is 1. The number of nitrogens with zero attached hydrogens (tertiary/aromatic N) is 3. The summed E-state index contributed by atoms with van der Waals surface area (Å²) in [6, 6.07) is 7.65. The van der Waals surface area contributed by atoms with Crippen LogP contribution in [0.3, 0.4) is 0 Å². The Morgan fingerprint density at radius 2 is 1.93 bits per heavy atom. The summed E-state index contributed by atoms with van der Waals surface area (Å²) in [6.45, 7) is 1.29. The average molecular weight is 415 g/mol. The molecule has 3 heterocycles. The molecule has 2 fully saturated rings. The van der Waals surface area contributed by atoms with Gasteiger partial charge in [0, 0.05) is 19.3 Å². The molecule has 4 rings (SSSR count). The summed E-state index contributed by atoms with van der Waals surface area (Å²) in [5, 5.41) is 0. The lowest BCUT2D eigenvalue weighted by Gasteiger charge is -2.44. The first-order valence-corrected chi connectivity index (χ1v) is 10.0. The van der Waals surface area contributed by atoms with Crippen molar-refractivity contribution in [1.29, 1.82) is 0 Å². The van der Waals surface area contributed by atoms with Gasteiger partial charge in [-0.05, 0) is 49.9 Å². The van der Waals surface area contributed by atoms with E-state index in [0.29, 0.717) is 38.9 Å². The van der Waals surface area contributed by atoms with Crippen molar-refractivity contribution in [2.24, 2.45) is 0 Å². The Kier molecular flexibility index (Phi) is 5.40. The van der Waals surface area contributed by atoms with Crippen molar-refractivity contribution < 1.29 is 23.1 Å². The number of hydrogen-bond donors (Lipinski definition) is 0. The summed E-state index contributed by atoms with van der Waals surface area (Å²) < 4.78 is 33.3. The summed E-state index contributed by atoms with van der Waals surface area (Å²) in [5.74, 6) is -3.27. The highest BCUT2D eigenvalue weighted by Crippen LogP contribution is 2.40. The summed E-state index contributed by atoms with van der Waals surface area (Å²) in [7, 11) is 1.15. The molecule has 2 aromatic rings. The fourth-order valence-corrected chi connectivity index (χ4v) is 4.59. The van der Waals surface area contributed by atoms with Gasteiger partial charge in [0.25, 0.3) is 5.91 Å². The molecule has 30 heavy (non-hydrogen) atoms. The van der Waals surface area contributed by atoms with E-state index < -0.39 is 28.8 Å². The molecule has 1 unspecified atom stereocenters. The minimum atomic E-state index is -1.04. The van der Waals surface area contributed by atoms with Crippen LogP contribution in [0.1, 0.15) is 41.7 Å². The number of halogens is 2. The number of likely N-dealkylation sites (tertiary alicyclic amines) is 2. The minimum absolute atomic E-state index is 0.139. The van der Waals surface area contributed by atoms with E-state index in [-0.39, 0.29) is 11.5 Å². The van der Waals surface area contributed by atoms with Gasteiger partial charge in [0.2, 0.25) is 5.91 Å². The number of piperidine rings is 1. The number of methoxy groups -OCH3 is 1. The molecule has 2 aliphatic rings. The van der Waals surface area contributed by atoms with E-state index in [9.17, 15) is 18.4 Å². The third-order valence-electron chi connectivity index (χ3n) is 6.00. The summed E-state index contributed by atoms with van der Waals surface area (Å²) in [4.78, 5) is 34.2. The van der Waals surface area contributed by atoms with E-state index in [1.54, 1.807) is 11.1 Å². The van der Waals surface area contributed by atoms with Crippen molar-refractivity contribution in [3.8, 4) is 5.75 Å². The molecule has 158 valence electrons. The van der Waals surface area contributed by atoms with Gasteiger partial charge in [-0.1, -0.05) is 6.07 Å². The standard InChI is InChI=1S/C22H23F2N3O3/c1-30-19-17(23)8-7-16(18(19)24)20(28)27-13-5-10-22(27)9-4-12-26(21(22)29)14-15-6-2-3-11-25-15/h2-3,6-8,11H,4-5,9-10,12-14H2,1H3. The number of pyridine rings is 1. The first-order chi connectivity index (χ1) is 14.5. The predicted molar refractivity (Wildman–Crippen MR) is 105 cm³/mol. The molecule has 2 saturated heterocycles. The molecule has 8 heteroatoms. The lowest BCUT2D eigenvalue weighted by molar-refractivity contribution is -0.146. The minimum Gasteiger partial charge on any atom is -0.491 e. The van der Waals surface area contributed by atoms with Gasteiger partial charge in [0.1, 0.15) is 5.54 Å². The van der Waals surface area contributed by atoms with Crippen molar-refractivity contribution in [2.45, 2.75) is 37.8 Å². The lowest BCUT2D eigenvalue weighted by Crippen LogP contribution is -2.61. The molecule has 0 bridgehead atoms. The molecule has 1 atom stereocenters. The average Bonchev–Trinajstić information content (AvgIpc) is 3.17. The molecule has 2 aliphatic heterocycles. The quantitative estimate of drug-likeness (QED) is 0.770. The highest BCUT2D eigenvalue weighted by atomic mass is 19.1. The number of amides is 2. The van der Waals surface area contributed by atoms with Crippen LogP contribution in [0.25, 0.3) is 0 Å². The van der Waals surface area contributed by atoms with Crippen LogP contribution in [0.4, 0.5) is 8.78 Å². The summed E-state index contributed by atoms with van der Waals surface area (Å²) in [6.07, 6.45) is 4.11. The van der Waals surface area contributed by atoms with Crippen LogP contribution in [0, 0.1) is 11.6 Å². The van der Waals surface area contributed by atoms with Crippen LogP contribution in [-0.4, -0.2) is 52.3 Å². The van der Waals surface area contributed by atoms with Gasteiger partial charge in [-0.3, -0.25) is 14.6 Å². The molecular formula is C22H23F2N3O3. The largest absolute Gasteiger partial charge is 0.491 e. The van der Waals surface area contributed by atoms with E-state index in [0.717, 1.165) is 31.4 Å². The maximum absolute atomic E-state index is 14.7. The third-order valence-corrected chi connectivity index (χ3v) is 6.00. The number of carbonyl (C=O) groups excluding carboxylic acids is 2. The van der Waals surface area contributed by atoms with E-state index in [2.05, 4.69) is 4.98 Å². The molecule has 1 spiro atoms. The molecule has 6 nitrogen and oxygen atoms in total. The highest BCUT2D eigenvalue weighted by molar-refractivity contribution is 6.00. The monoisotopic (exact) mass is 415 g/mol. The zero-order valence-corrected chi connectivity index (χ0v) is 16.7. The second-order valence-electron chi connectivity index (χ2n) is 7.69. The van der Waals surface area contributed by atoms with E-state index in [1.165, 1.54) is 4.90 Å². The zero-order valence-electron chi connectivity index (χ0n) is 16.7. The fourth-order valence-electron chi connectivity index (χ4n) is 4.59. The Bertz CT molecular complexity index is 970. The zero-order chi connectivity index (χ0) is 21.3. The van der Waals surface area contributed by atoms with E-state index >= 15 is 0 Å². The van der Waals surface area contributed by atoms with Crippen molar-refractivity contribution in [2.75, 3.05) is 20.2 Å². The maximum Gasteiger partial charge on any atom is 0.257 e. The third kappa shape index (κ3) is 3.30. The van der Waals surface area contributed by atoms with Crippen molar-refractivity contribution in [3.63, 3.8) is 0 Å². The molecular weight excluding hydrogens is 392 g/mol. The molecule has 1 aromatic carbocycles. The van der Waals surface area contributed by atoms with E-state index in [1.807, 2.05) is 18.2 Å². The molecule has 0 saturated carbocycles. The van der Waals surface area contributed by atoms with Gasteiger partial charge in [-0.2, -0.15) is 0 Å². The second kappa shape index (κ2) is 8.01. The summed E-state index contributed by atoms with van der Waals surface area (Å²) in [5.41, 5.74) is -0.518. The smallest absolute Gasteiger partial charge is 0.257 e. The first-order valence-electron chi connectivity index (χ1n) is 10.0. The first kappa shape index (κ1) is 20.3. The molecule has 1 aromatic heterocycles. The van der Waals surface area contributed by atoms with Gasteiger partial charge >= 0.3 is 0 Å². The van der Waals surface area contributed by atoms with Crippen LogP contribution in [0.2, 0.25) is 0 Å². The number of rotatable bonds is 4. The molecule has 0 N–H and O–H groups in total. The van der Waals surface area contributed by atoms with Gasteiger partial charge in [-0.25, -0.2) is 8.78 Å². The SMILES string of the molecule is COc1c(F)ccc(C(=O)N2CCCC23CCCN(Cc2ccccn2)C3=O)c1F. The number of benzene rings is 1. The Hall–Kier alpha value is -3.03. The van der Waals surface area contributed by atoms with Crippen LogP contribution in [0.15, 0.2) is 36.5 Å². The predicted octanol–water partition coefficient (Wildman–Crippen LogP) is 3.17. The maximum atomic E-state index is 14.7. The topological polar surface area (TPSA) is 62.7 Å². The van der Waals surface area contributed by atoms with Gasteiger partial charge in [0.15, 0.2) is 17.4 Å². The second-order valence-corrected chi connectivity index (χ2v) is 7.69. The Labute approximate surface area is 173 Å². The Morgan fingerprint density at radius 1 is 1.17 bits per heavy atom. The van der Waals surface area contributed by atoms with Crippen LogP contribution < -0.4 is 4.74 Å². The number of hydrogen-bond acceptors (Lipinski definition) is 4. The van der Waals surface area contributed by atoms with Crippen LogP contribution >= 0.6 is 0 Å². The van der Waals surface area contributed by atoms with Crippen molar-refractivity contribution in [3.05, 3.63) is 59.4 Å². The fraction of sp³-hybridized carbons (Fsp3) is 0.409. The Balaban J connectivity index is 1.63. The van der Waals surface area contributed by atoms with Crippen LogP contribution in [0.5, 0.6) is 5.75 Å². The number of carbonyl (C=O) groups is 2.